The Kier molecular flexibility index (Phi) is 5.19. The normalized spacial score (nSPS) is 15.4. The fraction of sp³-hybridized carbons (Fsp3) is 0.364. The summed E-state index contributed by atoms with van der Waals surface area (Å²) < 4.78 is 12.1. The third-order valence-electron chi connectivity index (χ3n) is 5.01. The Morgan fingerprint density at radius 1 is 0.821 bits per heavy atom. The van der Waals surface area contributed by atoms with Crippen LogP contribution in [0.3, 0.4) is 0 Å². The highest BCUT2D eigenvalue weighted by Crippen LogP contribution is 2.30. The second-order valence-electron chi connectivity index (χ2n) is 7.19. The smallest absolute Gasteiger partial charge is 0.241 e. The van der Waals surface area contributed by atoms with Gasteiger partial charge in [-0.1, -0.05) is 19.1 Å². The second-order valence-corrected chi connectivity index (χ2v) is 7.19. The minimum Gasteiger partial charge on any atom is -0.455 e. The van der Waals surface area contributed by atoms with Crippen LogP contribution in [0.1, 0.15) is 43.7 Å². The average Bonchev–Trinajstić information content (AvgIpc) is 2.67. The highest BCUT2D eigenvalue weighted by molar-refractivity contribution is 5.94. The quantitative estimate of drug-likeness (QED) is 0.742. The number of rotatable bonds is 6. The van der Waals surface area contributed by atoms with E-state index >= 15 is 0 Å². The molecule has 2 heterocycles. The van der Waals surface area contributed by atoms with Gasteiger partial charge in [-0.15, -0.1) is 0 Å². The molecule has 0 fully saturated rings. The molecule has 2 aliphatic rings. The van der Waals surface area contributed by atoms with Crippen molar-refractivity contribution in [1.82, 2.24) is 0 Å². The van der Waals surface area contributed by atoms with Crippen molar-refractivity contribution >= 4 is 23.2 Å². The van der Waals surface area contributed by atoms with Gasteiger partial charge in [0, 0.05) is 42.8 Å². The van der Waals surface area contributed by atoms with Gasteiger partial charge < -0.3 is 20.1 Å². The molecule has 6 heteroatoms. The topological polar surface area (TPSA) is 76.7 Å². The molecular weight excluding hydrogens is 356 g/mol. The summed E-state index contributed by atoms with van der Waals surface area (Å²) >= 11 is 0. The van der Waals surface area contributed by atoms with Crippen molar-refractivity contribution in [3.05, 3.63) is 47.5 Å². The molecule has 0 bridgehead atoms. The average molecular weight is 380 g/mol. The van der Waals surface area contributed by atoms with Crippen LogP contribution in [0.15, 0.2) is 36.4 Å². The summed E-state index contributed by atoms with van der Waals surface area (Å²) in [5, 5.41) is 5.79. The van der Waals surface area contributed by atoms with Gasteiger partial charge >= 0.3 is 0 Å². The lowest BCUT2D eigenvalue weighted by Crippen LogP contribution is -2.25. The van der Waals surface area contributed by atoms with Crippen LogP contribution < -0.4 is 20.1 Å². The van der Waals surface area contributed by atoms with Gasteiger partial charge in [0.05, 0.1) is 0 Å². The van der Waals surface area contributed by atoms with E-state index in [0.717, 1.165) is 41.8 Å². The Morgan fingerprint density at radius 2 is 1.32 bits per heavy atom. The van der Waals surface area contributed by atoms with Gasteiger partial charge in [0.15, 0.2) is 0 Å². The molecule has 4 rings (SSSR count). The highest BCUT2D eigenvalue weighted by atomic mass is 16.7. The summed E-state index contributed by atoms with van der Waals surface area (Å²) in [4.78, 5) is 23.3. The molecule has 6 nitrogen and oxygen atoms in total. The summed E-state index contributed by atoms with van der Waals surface area (Å²) in [6.45, 7) is 2.07. The summed E-state index contributed by atoms with van der Waals surface area (Å²) in [5.74, 6) is 1.38. The van der Waals surface area contributed by atoms with Gasteiger partial charge in [0.2, 0.25) is 18.1 Å². The van der Waals surface area contributed by atoms with Crippen LogP contribution >= 0.6 is 0 Å². The van der Waals surface area contributed by atoms with E-state index < -0.39 is 6.29 Å². The molecule has 0 unspecified atom stereocenters. The standard InChI is InChI=1S/C22H24N2O4/c1-2-3-22(27-16-8-4-14-6-10-20(25)23-18(14)12-16)28-17-9-5-15-7-11-21(26)24-19(15)13-17/h4-5,8-9,12-13,22H,2-3,6-7,10-11H2,1H3,(H,23,25)(H,24,26). The predicted molar refractivity (Wildman–Crippen MR) is 107 cm³/mol. The van der Waals surface area contributed by atoms with E-state index in [-0.39, 0.29) is 11.8 Å². The maximum atomic E-state index is 11.6. The third-order valence-corrected chi connectivity index (χ3v) is 5.01. The van der Waals surface area contributed by atoms with E-state index in [1.165, 1.54) is 0 Å². The van der Waals surface area contributed by atoms with Crippen molar-refractivity contribution in [3.8, 4) is 11.5 Å². The molecule has 2 aromatic carbocycles. The summed E-state index contributed by atoms with van der Waals surface area (Å²) in [7, 11) is 0. The molecular formula is C22H24N2O4. The molecule has 0 aromatic heterocycles. The zero-order chi connectivity index (χ0) is 19.5. The molecule has 2 amide bonds. The highest BCUT2D eigenvalue weighted by Gasteiger charge is 2.19. The van der Waals surface area contributed by atoms with Crippen molar-refractivity contribution in [3.63, 3.8) is 0 Å². The van der Waals surface area contributed by atoms with Crippen LogP contribution in [0.5, 0.6) is 11.5 Å². The molecule has 0 saturated heterocycles. The number of aryl methyl sites for hydroxylation is 2. The molecule has 0 radical (unpaired) electrons. The Labute approximate surface area is 164 Å². The van der Waals surface area contributed by atoms with Crippen molar-refractivity contribution in [2.45, 2.75) is 51.7 Å². The molecule has 146 valence electrons. The van der Waals surface area contributed by atoms with Gasteiger partial charge in [0.25, 0.3) is 0 Å². The minimum absolute atomic E-state index is 0.0297. The van der Waals surface area contributed by atoms with Crippen molar-refractivity contribution in [2.24, 2.45) is 0 Å². The first-order valence-electron chi connectivity index (χ1n) is 9.79. The Morgan fingerprint density at radius 3 is 1.79 bits per heavy atom. The van der Waals surface area contributed by atoms with Gasteiger partial charge in [-0.3, -0.25) is 9.59 Å². The second kappa shape index (κ2) is 7.92. The summed E-state index contributed by atoms with van der Waals surface area (Å²) in [6, 6.07) is 11.5. The molecule has 2 N–H and O–H groups in total. The van der Waals surface area contributed by atoms with Crippen LogP contribution in [-0.4, -0.2) is 18.1 Å². The first kappa shape index (κ1) is 18.3. The zero-order valence-electron chi connectivity index (χ0n) is 15.9. The lowest BCUT2D eigenvalue weighted by molar-refractivity contribution is -0.117. The van der Waals surface area contributed by atoms with Crippen LogP contribution in [0.2, 0.25) is 0 Å². The SMILES string of the molecule is CCCC(Oc1ccc2c(c1)NC(=O)CC2)Oc1ccc2c(c1)NC(=O)CC2. The van der Waals surface area contributed by atoms with Crippen LogP contribution in [0.4, 0.5) is 11.4 Å². The zero-order valence-corrected chi connectivity index (χ0v) is 15.9. The summed E-state index contributed by atoms with van der Waals surface area (Å²) in [6.07, 6.45) is 3.68. The number of ether oxygens (including phenoxy) is 2. The first-order chi connectivity index (χ1) is 13.6. The van der Waals surface area contributed by atoms with Gasteiger partial charge in [-0.25, -0.2) is 0 Å². The number of nitrogens with one attached hydrogen (secondary N) is 2. The van der Waals surface area contributed by atoms with Crippen LogP contribution in [-0.2, 0) is 22.4 Å². The maximum absolute atomic E-state index is 11.6. The number of anilines is 2. The van der Waals surface area contributed by atoms with E-state index in [1.807, 2.05) is 36.4 Å². The number of amides is 2. The van der Waals surface area contributed by atoms with E-state index in [1.54, 1.807) is 0 Å². The molecule has 2 aliphatic heterocycles. The van der Waals surface area contributed by atoms with Gasteiger partial charge in [0.1, 0.15) is 11.5 Å². The Balaban J connectivity index is 1.49. The van der Waals surface area contributed by atoms with E-state index in [4.69, 9.17) is 9.47 Å². The maximum Gasteiger partial charge on any atom is 0.241 e. The van der Waals surface area contributed by atoms with Crippen molar-refractivity contribution in [1.29, 1.82) is 0 Å². The Hall–Kier alpha value is -3.02. The third kappa shape index (κ3) is 4.11. The number of benzene rings is 2. The van der Waals surface area contributed by atoms with E-state index in [0.29, 0.717) is 30.8 Å². The van der Waals surface area contributed by atoms with Crippen LogP contribution in [0.25, 0.3) is 0 Å². The number of carbonyl (C=O) groups excluding carboxylic acids is 2. The number of hydrogen-bond acceptors (Lipinski definition) is 4. The molecule has 0 saturated carbocycles. The molecule has 0 spiro atoms. The fourth-order valence-electron chi connectivity index (χ4n) is 3.53. The Bertz CT molecular complexity index is 838. The number of fused-ring (bicyclic) bond motifs is 2. The van der Waals surface area contributed by atoms with Gasteiger partial charge in [-0.2, -0.15) is 0 Å². The lowest BCUT2D eigenvalue weighted by Gasteiger charge is -2.23. The van der Waals surface area contributed by atoms with Crippen molar-refractivity contribution < 1.29 is 19.1 Å². The van der Waals surface area contributed by atoms with Crippen LogP contribution in [0, 0.1) is 0 Å². The van der Waals surface area contributed by atoms with E-state index in [2.05, 4.69) is 17.6 Å². The molecule has 2 aromatic rings. The largest absolute Gasteiger partial charge is 0.455 e. The minimum atomic E-state index is -0.459. The van der Waals surface area contributed by atoms with Crippen molar-refractivity contribution in [2.75, 3.05) is 10.6 Å². The molecule has 0 atom stereocenters. The number of carbonyl (C=O) groups is 2. The summed E-state index contributed by atoms with van der Waals surface area (Å²) in [5.41, 5.74) is 3.84. The lowest BCUT2D eigenvalue weighted by atomic mass is 10.0. The fourth-order valence-corrected chi connectivity index (χ4v) is 3.53. The van der Waals surface area contributed by atoms with E-state index in [9.17, 15) is 9.59 Å². The predicted octanol–water partition coefficient (Wildman–Crippen LogP) is 4.04. The monoisotopic (exact) mass is 380 g/mol. The molecule has 28 heavy (non-hydrogen) atoms. The van der Waals surface area contributed by atoms with Gasteiger partial charge in [-0.05, 0) is 42.5 Å². The molecule has 0 aliphatic carbocycles. The number of hydrogen-bond donors (Lipinski definition) is 2. The first-order valence-corrected chi connectivity index (χ1v) is 9.79.